The van der Waals surface area contributed by atoms with E-state index in [2.05, 4.69) is 11.0 Å². The molecule has 1 spiro atoms. The number of hydrogen-bond donors (Lipinski definition) is 3. The number of carbonyl (C=O) groups is 1. The summed E-state index contributed by atoms with van der Waals surface area (Å²) in [6.07, 6.45) is 7.57. The molecule has 3 aliphatic rings. The Bertz CT molecular complexity index is 1500. The fourth-order valence-corrected chi connectivity index (χ4v) is 8.71. The van der Waals surface area contributed by atoms with Gasteiger partial charge in [-0.05, 0) is 98.2 Å². The molecule has 0 bridgehead atoms. The standard InChI is InChI=1S/C33H43ClN2O7S/c1-3-31(44(35,40)41)30(42-2)8-4-7-28(37)25-12-9-23(25)18-36-19-33(15-5-6-21-16-24(34)11-13-26(21)33)20-43-29-14-10-22(32(38)39)17-27(29)36/h4,7,10-11,13-14,16-17,23,25,28,30-31,37H,3,5-6,8-9,12,15,18-20H2,1-2H3,(H,38,39)(H2,35,40,41)/b7-4+/t23-,25+,28-,30+,31-,33-/m0/s1. The zero-order valence-electron chi connectivity index (χ0n) is 25.3. The molecule has 0 saturated heterocycles. The fraction of sp³-hybridized carbons (Fsp3) is 0.545. The molecule has 1 saturated carbocycles. The summed E-state index contributed by atoms with van der Waals surface area (Å²) in [5, 5.41) is 26.2. The van der Waals surface area contributed by atoms with Crippen molar-refractivity contribution in [2.75, 3.05) is 31.7 Å². The van der Waals surface area contributed by atoms with Gasteiger partial charge in [0.15, 0.2) is 0 Å². The Balaban J connectivity index is 1.37. The van der Waals surface area contributed by atoms with Crippen molar-refractivity contribution in [1.82, 2.24) is 0 Å². The van der Waals surface area contributed by atoms with Gasteiger partial charge < -0.3 is 24.6 Å². The quantitative estimate of drug-likeness (QED) is 0.292. The Morgan fingerprint density at radius 2 is 2.07 bits per heavy atom. The number of aromatic carboxylic acids is 1. The Morgan fingerprint density at radius 1 is 1.27 bits per heavy atom. The normalized spacial score (nSPS) is 25.3. The summed E-state index contributed by atoms with van der Waals surface area (Å²) < 4.78 is 35.9. The second-order valence-corrected chi connectivity index (χ2v) is 14.8. The first kappa shape index (κ1) is 32.8. The highest BCUT2D eigenvalue weighted by atomic mass is 35.5. The van der Waals surface area contributed by atoms with E-state index in [9.17, 15) is 23.4 Å². The van der Waals surface area contributed by atoms with Gasteiger partial charge in [0.2, 0.25) is 10.0 Å². The van der Waals surface area contributed by atoms with Crippen LogP contribution in [0.5, 0.6) is 5.75 Å². The zero-order chi connectivity index (χ0) is 31.6. The monoisotopic (exact) mass is 646 g/mol. The SMILES string of the molecule is CC[C@@H]([C@@H](C/C=C/[C@H](O)[C@@H]1CC[C@H]1CN1C[C@@]2(CCCc3cc(Cl)ccc32)COc2ccc(C(=O)O)cc21)OC)S(N)(=O)=O. The van der Waals surface area contributed by atoms with Crippen LogP contribution in [0.25, 0.3) is 0 Å². The molecule has 6 atom stereocenters. The molecule has 4 N–H and O–H groups in total. The topological polar surface area (TPSA) is 139 Å². The van der Waals surface area contributed by atoms with Crippen molar-refractivity contribution < 1.29 is 32.9 Å². The number of fused-ring (bicyclic) bond motifs is 3. The van der Waals surface area contributed by atoms with Crippen molar-refractivity contribution in [1.29, 1.82) is 0 Å². The van der Waals surface area contributed by atoms with Crippen LogP contribution in [0.4, 0.5) is 5.69 Å². The number of halogens is 1. The molecule has 0 aromatic heterocycles. The van der Waals surface area contributed by atoms with Gasteiger partial charge in [-0.3, -0.25) is 0 Å². The number of ether oxygens (including phenoxy) is 2. The van der Waals surface area contributed by atoms with Crippen LogP contribution >= 0.6 is 11.6 Å². The molecule has 1 heterocycles. The second-order valence-electron chi connectivity index (χ2n) is 12.6. The molecule has 11 heteroatoms. The maximum atomic E-state index is 12.0. The van der Waals surface area contributed by atoms with Crippen LogP contribution in [0.1, 0.15) is 66.9 Å². The van der Waals surface area contributed by atoms with Gasteiger partial charge >= 0.3 is 5.97 Å². The van der Waals surface area contributed by atoms with E-state index in [1.807, 2.05) is 12.1 Å². The lowest BCUT2D eigenvalue weighted by atomic mass is 9.68. The summed E-state index contributed by atoms with van der Waals surface area (Å²) in [7, 11) is -2.29. The van der Waals surface area contributed by atoms with Crippen LogP contribution < -0.4 is 14.8 Å². The predicted octanol–water partition coefficient (Wildman–Crippen LogP) is 4.93. The summed E-state index contributed by atoms with van der Waals surface area (Å²) in [5.41, 5.74) is 3.14. The Morgan fingerprint density at radius 3 is 2.73 bits per heavy atom. The second kappa shape index (κ2) is 13.4. The number of hydrogen-bond acceptors (Lipinski definition) is 7. The number of benzene rings is 2. The van der Waals surface area contributed by atoms with Gasteiger partial charge in [0.05, 0.1) is 30.1 Å². The summed E-state index contributed by atoms with van der Waals surface area (Å²) in [4.78, 5) is 14.2. The van der Waals surface area contributed by atoms with Crippen molar-refractivity contribution in [3.05, 3.63) is 70.3 Å². The van der Waals surface area contributed by atoms with Gasteiger partial charge in [-0.25, -0.2) is 18.4 Å². The number of carboxylic acid groups (broad SMARTS) is 1. The molecule has 44 heavy (non-hydrogen) atoms. The number of aliphatic hydroxyl groups is 1. The third-order valence-electron chi connectivity index (χ3n) is 9.90. The minimum Gasteiger partial charge on any atom is -0.490 e. The number of nitrogens with two attached hydrogens (primary N) is 1. The Kier molecular flexibility index (Phi) is 9.96. The van der Waals surface area contributed by atoms with E-state index < -0.39 is 33.5 Å². The van der Waals surface area contributed by atoms with E-state index >= 15 is 0 Å². The molecule has 240 valence electrons. The predicted molar refractivity (Wildman–Crippen MR) is 171 cm³/mol. The number of methoxy groups -OCH3 is 1. The number of carboxylic acids is 1. The van der Waals surface area contributed by atoms with E-state index in [0.717, 1.165) is 37.8 Å². The lowest BCUT2D eigenvalue weighted by Crippen LogP contribution is -2.49. The minimum absolute atomic E-state index is 0.0103. The zero-order valence-corrected chi connectivity index (χ0v) is 26.9. The van der Waals surface area contributed by atoms with E-state index in [0.29, 0.717) is 43.3 Å². The molecular weight excluding hydrogens is 604 g/mol. The van der Waals surface area contributed by atoms with Crippen molar-refractivity contribution in [3.63, 3.8) is 0 Å². The van der Waals surface area contributed by atoms with Gasteiger partial charge in [-0.2, -0.15) is 0 Å². The average Bonchev–Trinajstić information content (AvgIpc) is 3.11. The summed E-state index contributed by atoms with van der Waals surface area (Å²) in [6.45, 7) is 3.54. The third kappa shape index (κ3) is 6.79. The molecule has 9 nitrogen and oxygen atoms in total. The van der Waals surface area contributed by atoms with Crippen LogP contribution in [-0.2, 0) is 26.6 Å². The van der Waals surface area contributed by atoms with E-state index in [1.165, 1.54) is 18.2 Å². The highest BCUT2D eigenvalue weighted by Crippen LogP contribution is 2.46. The molecule has 1 aliphatic heterocycles. The van der Waals surface area contributed by atoms with E-state index in [4.69, 9.17) is 26.2 Å². The third-order valence-corrected chi connectivity index (χ3v) is 11.6. The van der Waals surface area contributed by atoms with Gasteiger partial charge in [-0.15, -0.1) is 0 Å². The molecule has 2 aliphatic carbocycles. The maximum absolute atomic E-state index is 12.0. The average molecular weight is 647 g/mol. The molecule has 2 aromatic rings. The van der Waals surface area contributed by atoms with Crippen LogP contribution in [0.15, 0.2) is 48.6 Å². The Labute approximate surface area is 265 Å². The maximum Gasteiger partial charge on any atom is 0.335 e. The van der Waals surface area contributed by atoms with Gasteiger partial charge in [0, 0.05) is 30.6 Å². The van der Waals surface area contributed by atoms with E-state index in [1.54, 1.807) is 37.3 Å². The van der Waals surface area contributed by atoms with E-state index in [-0.39, 0.29) is 22.8 Å². The summed E-state index contributed by atoms with van der Waals surface area (Å²) in [6, 6.07) is 11.1. The molecule has 0 unspecified atom stereocenters. The number of anilines is 1. The van der Waals surface area contributed by atoms with Gasteiger partial charge in [-0.1, -0.05) is 36.7 Å². The first-order chi connectivity index (χ1) is 21.0. The number of nitrogens with zero attached hydrogens (tertiary/aromatic N) is 1. The molecule has 0 radical (unpaired) electrons. The number of sulfonamides is 1. The highest BCUT2D eigenvalue weighted by molar-refractivity contribution is 7.89. The molecule has 0 amide bonds. The van der Waals surface area contributed by atoms with Gasteiger partial charge in [0.1, 0.15) is 11.0 Å². The number of rotatable bonds is 11. The van der Waals surface area contributed by atoms with Crippen LogP contribution in [0, 0.1) is 11.8 Å². The van der Waals surface area contributed by atoms with Crippen molar-refractivity contribution >= 4 is 33.3 Å². The lowest BCUT2D eigenvalue weighted by Gasteiger charge is -2.45. The lowest BCUT2D eigenvalue weighted by molar-refractivity contribution is 0.0451. The van der Waals surface area contributed by atoms with Crippen molar-refractivity contribution in [2.24, 2.45) is 17.0 Å². The smallest absolute Gasteiger partial charge is 0.335 e. The first-order valence-electron chi connectivity index (χ1n) is 15.4. The van der Waals surface area contributed by atoms with Crippen molar-refractivity contribution in [2.45, 2.75) is 74.7 Å². The van der Waals surface area contributed by atoms with Crippen LogP contribution in [0.3, 0.4) is 0 Å². The largest absolute Gasteiger partial charge is 0.490 e. The number of aliphatic hydroxyl groups excluding tert-OH is 1. The number of primary sulfonamides is 1. The van der Waals surface area contributed by atoms with Crippen LogP contribution in [0.2, 0.25) is 5.02 Å². The summed E-state index contributed by atoms with van der Waals surface area (Å²) >= 11 is 6.36. The number of aryl methyl sites for hydroxylation is 1. The molecule has 5 rings (SSSR count). The molecule has 1 fully saturated rings. The molecule has 2 aromatic carbocycles. The highest BCUT2D eigenvalue weighted by Gasteiger charge is 2.44. The minimum atomic E-state index is -3.76. The van der Waals surface area contributed by atoms with Crippen molar-refractivity contribution in [3.8, 4) is 5.75 Å². The van der Waals surface area contributed by atoms with Crippen LogP contribution in [-0.4, -0.2) is 68.9 Å². The molecular formula is C33H43ClN2O7S. The Hall–Kier alpha value is -2.63. The first-order valence-corrected chi connectivity index (χ1v) is 17.4. The fourth-order valence-electron chi connectivity index (χ4n) is 7.40. The van der Waals surface area contributed by atoms with Gasteiger partial charge in [0.25, 0.3) is 0 Å². The summed E-state index contributed by atoms with van der Waals surface area (Å²) in [5.74, 6) is -0.148.